The molecule has 0 bridgehead atoms. The number of hydrogen-bond donors (Lipinski definition) is 1. The van der Waals surface area contributed by atoms with Gasteiger partial charge in [0.05, 0.1) is 17.4 Å². The summed E-state index contributed by atoms with van der Waals surface area (Å²) in [5.74, 6) is -0.162. The van der Waals surface area contributed by atoms with E-state index in [-0.39, 0.29) is 11.6 Å². The Bertz CT molecular complexity index is 1180. The third-order valence-electron chi connectivity index (χ3n) is 4.52. The molecule has 4 rings (SSSR count). The van der Waals surface area contributed by atoms with Gasteiger partial charge >= 0.3 is 0 Å². The Hall–Kier alpha value is -4.05. The van der Waals surface area contributed by atoms with Gasteiger partial charge in [0.1, 0.15) is 11.8 Å². The number of aromatic nitrogens is 4. The van der Waals surface area contributed by atoms with Crippen LogP contribution in [-0.4, -0.2) is 32.0 Å². The van der Waals surface area contributed by atoms with Gasteiger partial charge in [-0.25, -0.2) is 15.0 Å². The molecule has 0 saturated carbocycles. The average Bonchev–Trinajstić information content (AvgIpc) is 3.29. The number of nitrogens with zero attached hydrogens (tertiary/aromatic N) is 5. The molecule has 7 heteroatoms. The van der Waals surface area contributed by atoms with Gasteiger partial charge in [0, 0.05) is 36.6 Å². The van der Waals surface area contributed by atoms with E-state index in [2.05, 4.69) is 26.3 Å². The van der Waals surface area contributed by atoms with Gasteiger partial charge in [-0.15, -0.1) is 0 Å². The zero-order valence-corrected chi connectivity index (χ0v) is 15.6. The van der Waals surface area contributed by atoms with E-state index in [1.54, 1.807) is 30.7 Å². The Morgan fingerprint density at radius 1 is 1.10 bits per heavy atom. The smallest absolute Gasteiger partial charge is 0.251 e. The molecule has 0 aliphatic heterocycles. The highest BCUT2D eigenvalue weighted by atomic mass is 16.1. The maximum atomic E-state index is 12.5. The van der Waals surface area contributed by atoms with Crippen molar-refractivity contribution in [3.05, 3.63) is 78.5 Å². The van der Waals surface area contributed by atoms with Crippen molar-refractivity contribution in [2.75, 3.05) is 6.54 Å². The van der Waals surface area contributed by atoms with Crippen molar-refractivity contribution < 1.29 is 4.79 Å². The summed E-state index contributed by atoms with van der Waals surface area (Å²) < 4.78 is 1.97. The Balaban J connectivity index is 1.53. The molecule has 0 atom stereocenters. The average molecular weight is 382 g/mol. The summed E-state index contributed by atoms with van der Waals surface area (Å²) in [4.78, 5) is 25.5. The van der Waals surface area contributed by atoms with E-state index in [4.69, 9.17) is 0 Å². The number of amides is 1. The van der Waals surface area contributed by atoms with Crippen LogP contribution in [0.1, 0.15) is 22.5 Å². The van der Waals surface area contributed by atoms with Crippen LogP contribution >= 0.6 is 0 Å². The van der Waals surface area contributed by atoms with Crippen LogP contribution in [0, 0.1) is 11.3 Å². The van der Waals surface area contributed by atoms with Crippen molar-refractivity contribution in [3.63, 3.8) is 0 Å². The summed E-state index contributed by atoms with van der Waals surface area (Å²) >= 11 is 0. The first-order valence-electron chi connectivity index (χ1n) is 9.26. The predicted molar refractivity (Wildman–Crippen MR) is 109 cm³/mol. The lowest BCUT2D eigenvalue weighted by atomic mass is 10.1. The van der Waals surface area contributed by atoms with Crippen LogP contribution in [0.5, 0.6) is 0 Å². The zero-order chi connectivity index (χ0) is 20.1. The van der Waals surface area contributed by atoms with Gasteiger partial charge in [-0.05, 0) is 24.6 Å². The third kappa shape index (κ3) is 4.12. The van der Waals surface area contributed by atoms with E-state index in [0.29, 0.717) is 28.8 Å². The minimum Gasteiger partial charge on any atom is -0.352 e. The highest BCUT2D eigenvalue weighted by Crippen LogP contribution is 2.23. The Labute approximate surface area is 167 Å². The summed E-state index contributed by atoms with van der Waals surface area (Å²) in [6.07, 6.45) is 6.18. The van der Waals surface area contributed by atoms with Crippen molar-refractivity contribution in [1.29, 1.82) is 5.26 Å². The first kappa shape index (κ1) is 18.3. The van der Waals surface area contributed by atoms with E-state index in [1.165, 1.54) is 0 Å². The molecule has 0 aliphatic rings. The maximum absolute atomic E-state index is 12.5. The number of benzene rings is 2. The monoisotopic (exact) mass is 382 g/mol. The maximum Gasteiger partial charge on any atom is 0.251 e. The number of imidazole rings is 1. The molecule has 0 unspecified atom stereocenters. The number of carbonyl (C=O) groups excluding carboxylic acids is 1. The van der Waals surface area contributed by atoms with Crippen LogP contribution in [-0.2, 0) is 6.54 Å². The molecule has 29 heavy (non-hydrogen) atoms. The largest absolute Gasteiger partial charge is 0.352 e. The fraction of sp³-hybridized carbons (Fsp3) is 0.136. The molecule has 1 N–H and O–H groups in total. The molecule has 4 aromatic rings. The molecule has 142 valence electrons. The zero-order valence-electron chi connectivity index (χ0n) is 15.6. The van der Waals surface area contributed by atoms with Crippen molar-refractivity contribution >= 4 is 16.9 Å². The summed E-state index contributed by atoms with van der Waals surface area (Å²) in [6.45, 7) is 1.35. The number of carbonyl (C=O) groups is 1. The molecule has 7 nitrogen and oxygen atoms in total. The Morgan fingerprint density at radius 3 is 2.72 bits per heavy atom. The number of aryl methyl sites for hydroxylation is 1. The number of nitrogens with one attached hydrogen (secondary N) is 1. The summed E-state index contributed by atoms with van der Waals surface area (Å²) in [6, 6.07) is 16.7. The first-order chi connectivity index (χ1) is 14.2. The summed E-state index contributed by atoms with van der Waals surface area (Å²) in [5.41, 5.74) is 3.26. The van der Waals surface area contributed by atoms with Crippen LogP contribution in [0.4, 0.5) is 0 Å². The minimum atomic E-state index is -0.162. The van der Waals surface area contributed by atoms with E-state index in [9.17, 15) is 10.1 Å². The van der Waals surface area contributed by atoms with Gasteiger partial charge in [-0.1, -0.05) is 30.3 Å². The number of fused-ring (bicyclic) bond motifs is 1. The Morgan fingerprint density at radius 2 is 1.97 bits per heavy atom. The molecule has 2 aromatic carbocycles. The van der Waals surface area contributed by atoms with Crippen molar-refractivity contribution in [2.24, 2.45) is 0 Å². The summed E-state index contributed by atoms with van der Waals surface area (Å²) in [5, 5.41) is 12.4. The van der Waals surface area contributed by atoms with Gasteiger partial charge in [-0.3, -0.25) is 4.79 Å². The molecule has 1 amide bonds. The quantitative estimate of drug-likeness (QED) is 0.517. The van der Waals surface area contributed by atoms with E-state index >= 15 is 0 Å². The highest BCUT2D eigenvalue weighted by Gasteiger charge is 2.13. The standard InChI is InChI=1S/C22H18N6O/c23-14-20-21(16-5-2-1-3-6-16)27-19-13-17(7-8-18(19)26-20)22(29)25-9-4-11-28-12-10-24-15-28/h1-3,5-8,10,12-13,15H,4,9,11H2,(H,25,29). The lowest BCUT2D eigenvalue weighted by Gasteiger charge is -2.08. The van der Waals surface area contributed by atoms with Gasteiger partial charge in [0.2, 0.25) is 0 Å². The molecule has 2 heterocycles. The molecular weight excluding hydrogens is 364 g/mol. The summed E-state index contributed by atoms with van der Waals surface area (Å²) in [7, 11) is 0. The fourth-order valence-electron chi connectivity index (χ4n) is 3.06. The molecule has 2 aromatic heterocycles. The second kappa shape index (κ2) is 8.31. The normalized spacial score (nSPS) is 10.6. The van der Waals surface area contributed by atoms with Crippen LogP contribution < -0.4 is 5.32 Å². The van der Waals surface area contributed by atoms with Crippen LogP contribution in [0.15, 0.2) is 67.3 Å². The number of hydrogen-bond acceptors (Lipinski definition) is 5. The van der Waals surface area contributed by atoms with Gasteiger partial charge in [0.15, 0.2) is 5.69 Å². The van der Waals surface area contributed by atoms with Crippen molar-refractivity contribution in [3.8, 4) is 17.3 Å². The predicted octanol–water partition coefficient (Wildman–Crippen LogP) is 3.19. The van der Waals surface area contributed by atoms with Crippen molar-refractivity contribution in [2.45, 2.75) is 13.0 Å². The van der Waals surface area contributed by atoms with E-state index in [0.717, 1.165) is 18.5 Å². The second-order valence-corrected chi connectivity index (χ2v) is 6.51. The molecule has 0 fully saturated rings. The highest BCUT2D eigenvalue weighted by molar-refractivity contribution is 5.97. The van der Waals surface area contributed by atoms with Crippen LogP contribution in [0.2, 0.25) is 0 Å². The molecule has 0 radical (unpaired) electrons. The van der Waals surface area contributed by atoms with Gasteiger partial charge in [0.25, 0.3) is 5.91 Å². The first-order valence-corrected chi connectivity index (χ1v) is 9.26. The van der Waals surface area contributed by atoms with E-state index < -0.39 is 0 Å². The van der Waals surface area contributed by atoms with Gasteiger partial charge in [-0.2, -0.15) is 5.26 Å². The van der Waals surface area contributed by atoms with Crippen LogP contribution in [0.25, 0.3) is 22.3 Å². The van der Waals surface area contributed by atoms with E-state index in [1.807, 2.05) is 41.1 Å². The van der Waals surface area contributed by atoms with Crippen molar-refractivity contribution in [1.82, 2.24) is 24.8 Å². The lowest BCUT2D eigenvalue weighted by Crippen LogP contribution is -2.25. The van der Waals surface area contributed by atoms with Crippen LogP contribution in [0.3, 0.4) is 0 Å². The molecule has 0 saturated heterocycles. The molecular formula is C22H18N6O. The number of rotatable bonds is 6. The molecule has 0 spiro atoms. The van der Waals surface area contributed by atoms with Gasteiger partial charge < -0.3 is 9.88 Å². The topological polar surface area (TPSA) is 96.5 Å². The number of nitriles is 1. The lowest BCUT2D eigenvalue weighted by molar-refractivity contribution is 0.0953. The minimum absolute atomic E-state index is 0.162. The second-order valence-electron chi connectivity index (χ2n) is 6.51. The SMILES string of the molecule is N#Cc1nc2ccc(C(=O)NCCCn3ccnc3)cc2nc1-c1ccccc1. The third-order valence-corrected chi connectivity index (χ3v) is 4.52. The Kier molecular flexibility index (Phi) is 5.25. The fourth-order valence-corrected chi connectivity index (χ4v) is 3.06. The molecule has 0 aliphatic carbocycles.